The van der Waals surface area contributed by atoms with Crippen molar-refractivity contribution in [2.45, 2.75) is 19.0 Å². The van der Waals surface area contributed by atoms with Gasteiger partial charge in [-0.05, 0) is 47.5 Å². The van der Waals surface area contributed by atoms with Crippen LogP contribution < -0.4 is 4.74 Å². The number of nitrogens with zero attached hydrogens (tertiary/aromatic N) is 1. The fraction of sp³-hybridized carbons (Fsp3) is 0.136. The summed E-state index contributed by atoms with van der Waals surface area (Å²) in [4.78, 5) is 3.97. The molecule has 3 aromatic rings. The lowest BCUT2D eigenvalue weighted by Gasteiger charge is -2.13. The maximum atomic E-state index is 13.0. The molecule has 10 heteroatoms. The molecule has 0 radical (unpaired) electrons. The molecule has 2 nitrogen and oxygen atoms in total. The molecule has 0 N–H and O–H groups in total. The molecule has 1 aromatic heterocycles. The topological polar surface area (TPSA) is 22.1 Å². The standard InChI is InChI=1S/C22H13Cl2F6NO/c23-18-4-3-15(20(24)9-18)12-32-19-7-14(10-31-11-19)2-1-13-5-16(21(25,26)27)8-17(6-13)22(28,29)30/h1-11H,12H2/b2-1+. The summed E-state index contributed by atoms with van der Waals surface area (Å²) in [5.41, 5.74) is -1.95. The van der Waals surface area contributed by atoms with Crippen molar-refractivity contribution in [1.29, 1.82) is 0 Å². The highest BCUT2D eigenvalue weighted by atomic mass is 35.5. The molecule has 1 heterocycles. The molecular weight excluding hydrogens is 479 g/mol. The van der Waals surface area contributed by atoms with Crippen molar-refractivity contribution in [1.82, 2.24) is 4.98 Å². The van der Waals surface area contributed by atoms with Crippen molar-refractivity contribution in [2.75, 3.05) is 0 Å². The number of benzene rings is 2. The number of aromatic nitrogens is 1. The quantitative estimate of drug-likeness (QED) is 0.335. The van der Waals surface area contributed by atoms with Crippen LogP contribution in [0.3, 0.4) is 0 Å². The van der Waals surface area contributed by atoms with E-state index < -0.39 is 23.5 Å². The van der Waals surface area contributed by atoms with E-state index in [1.54, 1.807) is 18.2 Å². The fourth-order valence-corrected chi connectivity index (χ4v) is 3.14. The van der Waals surface area contributed by atoms with Crippen LogP contribution in [0.4, 0.5) is 26.3 Å². The molecule has 0 spiro atoms. The number of pyridine rings is 1. The van der Waals surface area contributed by atoms with Crippen LogP contribution in [0.15, 0.2) is 54.9 Å². The average Bonchev–Trinajstić information content (AvgIpc) is 2.70. The first-order valence-electron chi connectivity index (χ1n) is 8.91. The number of hydrogen-bond donors (Lipinski definition) is 0. The summed E-state index contributed by atoms with van der Waals surface area (Å²) in [6, 6.07) is 7.79. The third-order valence-corrected chi connectivity index (χ3v) is 4.81. The Hall–Kier alpha value is -2.71. The van der Waals surface area contributed by atoms with E-state index in [4.69, 9.17) is 27.9 Å². The Morgan fingerprint density at radius 2 is 1.41 bits per heavy atom. The van der Waals surface area contributed by atoms with Crippen LogP contribution in [0.1, 0.15) is 27.8 Å². The lowest BCUT2D eigenvalue weighted by atomic mass is 10.0. The Morgan fingerprint density at radius 1 is 0.781 bits per heavy atom. The molecule has 32 heavy (non-hydrogen) atoms. The number of ether oxygens (including phenoxy) is 1. The van der Waals surface area contributed by atoms with E-state index in [-0.39, 0.29) is 18.2 Å². The van der Waals surface area contributed by atoms with Gasteiger partial charge in [0.2, 0.25) is 0 Å². The number of halogens is 8. The molecule has 0 aliphatic heterocycles. The minimum absolute atomic E-state index is 0.0786. The summed E-state index contributed by atoms with van der Waals surface area (Å²) < 4.78 is 83.6. The van der Waals surface area contributed by atoms with E-state index in [0.29, 0.717) is 39.1 Å². The largest absolute Gasteiger partial charge is 0.487 e. The molecule has 0 atom stereocenters. The van der Waals surface area contributed by atoms with Crippen molar-refractivity contribution >= 4 is 35.4 Å². The van der Waals surface area contributed by atoms with Gasteiger partial charge in [-0.3, -0.25) is 4.98 Å². The van der Waals surface area contributed by atoms with Crippen molar-refractivity contribution in [3.8, 4) is 5.75 Å². The second-order valence-corrected chi connectivity index (χ2v) is 7.49. The average molecular weight is 492 g/mol. The van der Waals surface area contributed by atoms with E-state index >= 15 is 0 Å². The van der Waals surface area contributed by atoms with Gasteiger partial charge in [0.25, 0.3) is 0 Å². The lowest BCUT2D eigenvalue weighted by molar-refractivity contribution is -0.143. The summed E-state index contributed by atoms with van der Waals surface area (Å²) in [7, 11) is 0. The molecule has 0 saturated heterocycles. The molecule has 0 fully saturated rings. The van der Waals surface area contributed by atoms with Gasteiger partial charge in [-0.15, -0.1) is 0 Å². The Kier molecular flexibility index (Phi) is 7.05. The Labute approximate surface area is 189 Å². The zero-order chi connectivity index (χ0) is 23.5. The van der Waals surface area contributed by atoms with Crippen molar-refractivity contribution < 1.29 is 31.1 Å². The van der Waals surface area contributed by atoms with Crippen LogP contribution in [-0.2, 0) is 19.0 Å². The van der Waals surface area contributed by atoms with Gasteiger partial charge in [-0.1, -0.05) is 41.4 Å². The van der Waals surface area contributed by atoms with Gasteiger partial charge in [0.05, 0.1) is 17.3 Å². The van der Waals surface area contributed by atoms with E-state index in [1.165, 1.54) is 24.5 Å². The number of rotatable bonds is 5. The Bertz CT molecular complexity index is 1110. The molecule has 0 aliphatic carbocycles. The highest BCUT2D eigenvalue weighted by Gasteiger charge is 2.36. The summed E-state index contributed by atoms with van der Waals surface area (Å²) in [5, 5.41) is 0.877. The van der Waals surface area contributed by atoms with Crippen LogP contribution in [0.25, 0.3) is 12.2 Å². The minimum atomic E-state index is -4.91. The zero-order valence-corrected chi connectivity index (χ0v) is 17.4. The second kappa shape index (κ2) is 9.42. The van der Waals surface area contributed by atoms with Crippen molar-refractivity contribution in [3.63, 3.8) is 0 Å². The predicted octanol–water partition coefficient (Wildman–Crippen LogP) is 8.18. The van der Waals surface area contributed by atoms with E-state index in [9.17, 15) is 26.3 Å². The van der Waals surface area contributed by atoms with Crippen LogP contribution in [-0.4, -0.2) is 4.98 Å². The molecule has 0 bridgehead atoms. The summed E-state index contributed by atoms with van der Waals surface area (Å²) >= 11 is 11.9. The van der Waals surface area contributed by atoms with Gasteiger partial charge in [-0.2, -0.15) is 26.3 Å². The Balaban J connectivity index is 1.81. The summed E-state index contributed by atoms with van der Waals surface area (Å²) in [5.74, 6) is 0.332. The fourth-order valence-electron chi connectivity index (χ4n) is 2.67. The van der Waals surface area contributed by atoms with Crippen LogP contribution >= 0.6 is 23.2 Å². The normalized spacial score (nSPS) is 12.4. The van der Waals surface area contributed by atoms with Gasteiger partial charge in [0.15, 0.2) is 0 Å². The zero-order valence-electron chi connectivity index (χ0n) is 15.9. The molecule has 168 valence electrons. The highest BCUT2D eigenvalue weighted by molar-refractivity contribution is 6.35. The smallest absolute Gasteiger partial charge is 0.416 e. The first kappa shape index (κ1) is 23.9. The van der Waals surface area contributed by atoms with Gasteiger partial charge in [0.1, 0.15) is 12.4 Å². The SMILES string of the molecule is FC(F)(F)c1cc(/C=C/c2cncc(OCc3ccc(Cl)cc3Cl)c2)cc(C(F)(F)F)c1. The first-order chi connectivity index (χ1) is 14.9. The number of alkyl halides is 6. The number of hydrogen-bond acceptors (Lipinski definition) is 2. The minimum Gasteiger partial charge on any atom is -0.487 e. The molecule has 0 unspecified atom stereocenters. The van der Waals surface area contributed by atoms with Crippen LogP contribution in [0, 0.1) is 0 Å². The van der Waals surface area contributed by atoms with Crippen molar-refractivity contribution in [3.05, 3.63) is 92.7 Å². The molecule has 0 aliphatic rings. The lowest BCUT2D eigenvalue weighted by Crippen LogP contribution is -2.11. The van der Waals surface area contributed by atoms with Crippen molar-refractivity contribution in [2.24, 2.45) is 0 Å². The molecule has 0 saturated carbocycles. The van der Waals surface area contributed by atoms with E-state index in [2.05, 4.69) is 4.98 Å². The van der Waals surface area contributed by atoms with Gasteiger partial charge < -0.3 is 4.74 Å². The monoisotopic (exact) mass is 491 g/mol. The predicted molar refractivity (Wildman–Crippen MR) is 110 cm³/mol. The summed E-state index contributed by atoms with van der Waals surface area (Å²) in [6.07, 6.45) is -4.56. The molecule has 3 rings (SSSR count). The summed E-state index contributed by atoms with van der Waals surface area (Å²) in [6.45, 7) is 0.105. The molecule has 2 aromatic carbocycles. The van der Waals surface area contributed by atoms with Gasteiger partial charge in [-0.25, -0.2) is 0 Å². The van der Waals surface area contributed by atoms with E-state index in [1.807, 2.05) is 0 Å². The maximum absolute atomic E-state index is 13.0. The maximum Gasteiger partial charge on any atom is 0.416 e. The first-order valence-corrected chi connectivity index (χ1v) is 9.67. The third kappa shape index (κ3) is 6.40. The second-order valence-electron chi connectivity index (χ2n) is 6.65. The third-order valence-electron chi connectivity index (χ3n) is 4.22. The molecular formula is C22H13Cl2F6NO. The Morgan fingerprint density at radius 3 is 2.00 bits per heavy atom. The molecule has 0 amide bonds. The van der Waals surface area contributed by atoms with Crippen LogP contribution in [0.5, 0.6) is 5.75 Å². The van der Waals surface area contributed by atoms with E-state index in [0.717, 1.165) is 6.08 Å². The van der Waals surface area contributed by atoms with Gasteiger partial charge in [0, 0.05) is 21.8 Å². The van der Waals surface area contributed by atoms with Gasteiger partial charge >= 0.3 is 12.4 Å². The highest BCUT2D eigenvalue weighted by Crippen LogP contribution is 2.36. The van der Waals surface area contributed by atoms with Crippen LogP contribution in [0.2, 0.25) is 10.0 Å².